The molecule has 0 spiro atoms. The second-order valence-electron chi connectivity index (χ2n) is 4.64. The molecular weight excluding hydrogens is 214 g/mol. The Kier molecular flexibility index (Phi) is 4.73. The molecule has 1 unspecified atom stereocenters. The molecule has 1 heterocycles. The van der Waals surface area contributed by atoms with Crippen LogP contribution >= 0.6 is 11.8 Å². The monoisotopic (exact) mass is 235 g/mol. The zero-order valence-corrected chi connectivity index (χ0v) is 10.6. The molecule has 16 heavy (non-hydrogen) atoms. The van der Waals surface area contributed by atoms with Gasteiger partial charge in [-0.15, -0.1) is 0 Å². The fraction of sp³-hybridized carbons (Fsp3) is 0.571. The number of rotatable bonds is 4. The highest BCUT2D eigenvalue weighted by Gasteiger charge is 2.13. The largest absolute Gasteiger partial charge is 0.330 e. The minimum atomic E-state index is 0.749. The molecule has 0 saturated carbocycles. The number of hydrogen-bond acceptors (Lipinski definition) is 2. The normalized spacial score (nSPS) is 20.9. The molecule has 1 saturated heterocycles. The summed E-state index contributed by atoms with van der Waals surface area (Å²) in [6.07, 6.45) is 5.08. The first-order valence-corrected chi connectivity index (χ1v) is 7.39. The fourth-order valence-corrected chi connectivity index (χ4v) is 3.47. The molecular formula is C14H21NS. The van der Waals surface area contributed by atoms with E-state index in [1.807, 2.05) is 0 Å². The van der Waals surface area contributed by atoms with E-state index >= 15 is 0 Å². The summed E-state index contributed by atoms with van der Waals surface area (Å²) in [4.78, 5) is 0. The van der Waals surface area contributed by atoms with E-state index in [2.05, 4.69) is 36.0 Å². The van der Waals surface area contributed by atoms with Gasteiger partial charge in [-0.05, 0) is 60.8 Å². The number of thioether (sulfide) groups is 1. The van der Waals surface area contributed by atoms with Gasteiger partial charge in [0.1, 0.15) is 0 Å². The zero-order chi connectivity index (χ0) is 11.2. The minimum Gasteiger partial charge on any atom is -0.330 e. The first-order valence-electron chi connectivity index (χ1n) is 6.24. The fourth-order valence-electron chi connectivity index (χ4n) is 2.31. The summed E-state index contributed by atoms with van der Waals surface area (Å²) in [5.74, 6) is 3.62. The first-order chi connectivity index (χ1) is 7.88. The topological polar surface area (TPSA) is 26.0 Å². The Morgan fingerprint density at radius 2 is 1.94 bits per heavy atom. The Morgan fingerprint density at radius 3 is 2.56 bits per heavy atom. The summed E-state index contributed by atoms with van der Waals surface area (Å²) in [5, 5.41) is 0. The van der Waals surface area contributed by atoms with Gasteiger partial charge in [0.05, 0.1) is 0 Å². The standard InChI is InChI=1S/C14H21NS/c15-8-7-12-3-5-13(6-4-12)10-14-2-1-9-16-11-14/h3-6,14H,1-2,7-11,15H2. The third-order valence-electron chi connectivity index (χ3n) is 3.23. The molecule has 88 valence electrons. The molecule has 0 aliphatic carbocycles. The van der Waals surface area contributed by atoms with Gasteiger partial charge in [-0.3, -0.25) is 0 Å². The molecule has 1 atom stereocenters. The van der Waals surface area contributed by atoms with Crippen LogP contribution in [0.4, 0.5) is 0 Å². The number of hydrogen-bond donors (Lipinski definition) is 1. The highest BCUT2D eigenvalue weighted by atomic mass is 32.2. The molecule has 2 heteroatoms. The zero-order valence-electron chi connectivity index (χ0n) is 9.82. The van der Waals surface area contributed by atoms with Crippen molar-refractivity contribution in [1.82, 2.24) is 0 Å². The van der Waals surface area contributed by atoms with Crippen molar-refractivity contribution in [2.75, 3.05) is 18.1 Å². The van der Waals surface area contributed by atoms with Crippen LogP contribution in [0.2, 0.25) is 0 Å². The van der Waals surface area contributed by atoms with Crippen molar-refractivity contribution in [3.63, 3.8) is 0 Å². The lowest BCUT2D eigenvalue weighted by molar-refractivity contribution is 0.521. The maximum Gasteiger partial charge on any atom is -0.00360 e. The first kappa shape index (κ1) is 12.0. The second kappa shape index (κ2) is 6.31. The van der Waals surface area contributed by atoms with Crippen molar-refractivity contribution in [3.05, 3.63) is 35.4 Å². The van der Waals surface area contributed by atoms with Crippen molar-refractivity contribution in [3.8, 4) is 0 Å². The van der Waals surface area contributed by atoms with Crippen LogP contribution in [0.5, 0.6) is 0 Å². The molecule has 1 aliphatic rings. The SMILES string of the molecule is NCCc1ccc(CC2CCCSC2)cc1. The summed E-state index contributed by atoms with van der Waals surface area (Å²) in [7, 11) is 0. The van der Waals surface area contributed by atoms with Gasteiger partial charge in [-0.2, -0.15) is 11.8 Å². The average molecular weight is 235 g/mol. The van der Waals surface area contributed by atoms with E-state index < -0.39 is 0 Å². The molecule has 1 aliphatic heterocycles. The molecule has 1 aromatic rings. The van der Waals surface area contributed by atoms with Gasteiger partial charge in [0.2, 0.25) is 0 Å². The van der Waals surface area contributed by atoms with Crippen LogP contribution in [-0.2, 0) is 12.8 Å². The highest BCUT2D eigenvalue weighted by molar-refractivity contribution is 7.99. The second-order valence-corrected chi connectivity index (χ2v) is 5.79. The Balaban J connectivity index is 1.88. The Hall–Kier alpha value is -0.470. The van der Waals surface area contributed by atoms with E-state index in [1.165, 1.54) is 41.9 Å². The quantitative estimate of drug-likeness (QED) is 0.868. The van der Waals surface area contributed by atoms with E-state index in [4.69, 9.17) is 5.73 Å². The molecule has 0 bridgehead atoms. The lowest BCUT2D eigenvalue weighted by atomic mass is 9.95. The van der Waals surface area contributed by atoms with Gasteiger partial charge in [0, 0.05) is 0 Å². The van der Waals surface area contributed by atoms with Crippen LogP contribution in [0.3, 0.4) is 0 Å². The summed E-state index contributed by atoms with van der Waals surface area (Å²) in [6, 6.07) is 9.03. The molecule has 2 rings (SSSR count). The molecule has 2 N–H and O–H groups in total. The molecule has 0 aromatic heterocycles. The van der Waals surface area contributed by atoms with E-state index in [0.717, 1.165) is 18.9 Å². The number of benzene rings is 1. The van der Waals surface area contributed by atoms with Crippen LogP contribution in [-0.4, -0.2) is 18.1 Å². The van der Waals surface area contributed by atoms with Gasteiger partial charge in [-0.25, -0.2) is 0 Å². The van der Waals surface area contributed by atoms with Gasteiger partial charge in [0.25, 0.3) is 0 Å². The summed E-state index contributed by atoms with van der Waals surface area (Å²) < 4.78 is 0. The Bertz CT molecular complexity index is 301. The molecule has 0 amide bonds. The van der Waals surface area contributed by atoms with Crippen molar-refractivity contribution in [1.29, 1.82) is 0 Å². The van der Waals surface area contributed by atoms with E-state index in [1.54, 1.807) is 0 Å². The van der Waals surface area contributed by atoms with Crippen LogP contribution in [0.25, 0.3) is 0 Å². The maximum atomic E-state index is 5.55. The van der Waals surface area contributed by atoms with Crippen molar-refractivity contribution in [2.24, 2.45) is 11.7 Å². The summed E-state index contributed by atoms with van der Waals surface area (Å²) in [6.45, 7) is 0.749. The molecule has 1 aromatic carbocycles. The average Bonchev–Trinajstić information content (AvgIpc) is 2.33. The Morgan fingerprint density at radius 1 is 1.19 bits per heavy atom. The predicted octanol–water partition coefficient (Wildman–Crippen LogP) is 2.87. The van der Waals surface area contributed by atoms with Crippen molar-refractivity contribution < 1.29 is 0 Å². The van der Waals surface area contributed by atoms with Gasteiger partial charge < -0.3 is 5.73 Å². The van der Waals surface area contributed by atoms with E-state index in [0.29, 0.717) is 0 Å². The number of nitrogens with two attached hydrogens (primary N) is 1. The van der Waals surface area contributed by atoms with Gasteiger partial charge in [0.15, 0.2) is 0 Å². The Labute approximate surface area is 103 Å². The molecule has 1 fully saturated rings. The van der Waals surface area contributed by atoms with Crippen LogP contribution in [0.1, 0.15) is 24.0 Å². The van der Waals surface area contributed by atoms with Crippen LogP contribution in [0.15, 0.2) is 24.3 Å². The van der Waals surface area contributed by atoms with Crippen molar-refractivity contribution >= 4 is 11.8 Å². The van der Waals surface area contributed by atoms with Crippen LogP contribution in [0, 0.1) is 5.92 Å². The van der Waals surface area contributed by atoms with Gasteiger partial charge in [-0.1, -0.05) is 24.3 Å². The summed E-state index contributed by atoms with van der Waals surface area (Å²) in [5.41, 5.74) is 8.40. The van der Waals surface area contributed by atoms with Gasteiger partial charge >= 0.3 is 0 Å². The van der Waals surface area contributed by atoms with E-state index in [-0.39, 0.29) is 0 Å². The highest BCUT2D eigenvalue weighted by Crippen LogP contribution is 2.25. The molecule has 0 radical (unpaired) electrons. The smallest absolute Gasteiger partial charge is 0.00360 e. The third kappa shape index (κ3) is 3.53. The summed E-state index contributed by atoms with van der Waals surface area (Å²) >= 11 is 2.12. The predicted molar refractivity (Wildman–Crippen MR) is 73.0 cm³/mol. The minimum absolute atomic E-state index is 0.749. The van der Waals surface area contributed by atoms with Crippen LogP contribution < -0.4 is 5.73 Å². The lowest BCUT2D eigenvalue weighted by Crippen LogP contribution is -2.13. The maximum absolute atomic E-state index is 5.55. The van der Waals surface area contributed by atoms with E-state index in [9.17, 15) is 0 Å². The third-order valence-corrected chi connectivity index (χ3v) is 4.52. The van der Waals surface area contributed by atoms with Crippen molar-refractivity contribution in [2.45, 2.75) is 25.7 Å². The lowest BCUT2D eigenvalue weighted by Gasteiger charge is -2.21. The molecule has 1 nitrogen and oxygen atoms in total.